The minimum Gasteiger partial charge on any atom is -0.486 e. The van der Waals surface area contributed by atoms with Crippen molar-refractivity contribution < 1.29 is 19.1 Å². The number of hydrogen-bond donors (Lipinski definition) is 0. The normalized spacial score (nSPS) is 20.6. The van der Waals surface area contributed by atoms with Crippen molar-refractivity contribution in [1.82, 2.24) is 5.01 Å². The lowest BCUT2D eigenvalue weighted by Crippen LogP contribution is -2.33. The third-order valence-electron chi connectivity index (χ3n) is 5.96. The molecule has 3 aliphatic rings. The highest BCUT2D eigenvalue weighted by atomic mass is 16.6. The van der Waals surface area contributed by atoms with Gasteiger partial charge in [-0.25, -0.2) is 5.01 Å². The number of para-hydroxylation sites is 1. The van der Waals surface area contributed by atoms with E-state index in [1.165, 1.54) is 12.1 Å². The number of hydrogen-bond acceptors (Lipinski definition) is 7. The molecule has 0 amide bonds. The Labute approximate surface area is 183 Å². The number of hydrazone groups is 1. The van der Waals surface area contributed by atoms with Gasteiger partial charge in [-0.15, -0.1) is 0 Å². The number of rotatable bonds is 3. The van der Waals surface area contributed by atoms with Gasteiger partial charge in [0.2, 0.25) is 6.23 Å². The van der Waals surface area contributed by atoms with Crippen LogP contribution in [-0.2, 0) is 0 Å². The van der Waals surface area contributed by atoms with Crippen LogP contribution in [0.3, 0.4) is 0 Å². The zero-order valence-corrected chi connectivity index (χ0v) is 17.0. The number of non-ortho nitro benzene ring substituents is 1. The molecule has 8 nitrogen and oxygen atoms in total. The van der Waals surface area contributed by atoms with Crippen LogP contribution in [0.5, 0.6) is 17.2 Å². The number of nitro groups is 1. The third kappa shape index (κ3) is 3.03. The fourth-order valence-electron chi connectivity index (χ4n) is 4.41. The summed E-state index contributed by atoms with van der Waals surface area (Å²) in [7, 11) is 0. The van der Waals surface area contributed by atoms with Gasteiger partial charge in [-0.05, 0) is 36.4 Å². The smallest absolute Gasteiger partial charge is 0.269 e. The predicted molar refractivity (Wildman–Crippen MR) is 116 cm³/mol. The first-order valence-corrected chi connectivity index (χ1v) is 10.4. The number of fused-ring (bicyclic) bond motifs is 4. The molecule has 3 heterocycles. The summed E-state index contributed by atoms with van der Waals surface area (Å²) < 4.78 is 17.7. The Morgan fingerprint density at radius 1 is 0.938 bits per heavy atom. The molecule has 0 aromatic heterocycles. The van der Waals surface area contributed by atoms with Crippen molar-refractivity contribution in [1.29, 1.82) is 0 Å². The van der Waals surface area contributed by atoms with Crippen molar-refractivity contribution in [2.45, 2.75) is 18.7 Å². The van der Waals surface area contributed by atoms with E-state index in [2.05, 4.69) is 6.07 Å². The summed E-state index contributed by atoms with van der Waals surface area (Å²) >= 11 is 0. The molecule has 0 fully saturated rings. The first-order valence-electron chi connectivity index (χ1n) is 10.4. The summed E-state index contributed by atoms with van der Waals surface area (Å²) in [6.45, 7) is 1.08. The molecule has 0 bridgehead atoms. The molecule has 2 unspecified atom stereocenters. The SMILES string of the molecule is O=[N+]([O-])c1ccc(C2Oc3ccccc3C3CC(c4ccc5c(c4)OCCO5)=NN32)cc1. The van der Waals surface area contributed by atoms with E-state index in [0.29, 0.717) is 19.6 Å². The molecule has 3 aromatic carbocycles. The maximum absolute atomic E-state index is 11.1. The Bertz CT molecular complexity index is 1240. The Balaban J connectivity index is 1.39. The largest absolute Gasteiger partial charge is 0.486 e. The molecule has 0 N–H and O–H groups in total. The van der Waals surface area contributed by atoms with E-state index < -0.39 is 11.2 Å². The summed E-state index contributed by atoms with van der Waals surface area (Å²) in [6, 6.07) is 20.3. The Kier molecular flexibility index (Phi) is 4.24. The number of ether oxygens (including phenoxy) is 3. The second-order valence-electron chi connectivity index (χ2n) is 7.86. The van der Waals surface area contributed by atoms with Crippen LogP contribution in [-0.4, -0.2) is 28.9 Å². The van der Waals surface area contributed by atoms with Crippen molar-refractivity contribution in [3.05, 3.63) is 93.5 Å². The van der Waals surface area contributed by atoms with Crippen LogP contribution in [0.15, 0.2) is 71.8 Å². The summed E-state index contributed by atoms with van der Waals surface area (Å²) in [5.41, 5.74) is 3.83. The summed E-state index contributed by atoms with van der Waals surface area (Å²) in [5, 5.41) is 18.0. The predicted octanol–water partition coefficient (Wildman–Crippen LogP) is 4.61. The van der Waals surface area contributed by atoms with Crippen LogP contribution >= 0.6 is 0 Å². The molecule has 6 rings (SSSR count). The minimum absolute atomic E-state index is 0.00310. The molecule has 0 aliphatic carbocycles. The first kappa shape index (κ1) is 18.7. The van der Waals surface area contributed by atoms with Gasteiger partial charge in [0.1, 0.15) is 19.0 Å². The molecular formula is C24H19N3O5. The average Bonchev–Trinajstić information content (AvgIpc) is 3.29. The Morgan fingerprint density at radius 2 is 1.72 bits per heavy atom. The Hall–Kier alpha value is -4.07. The molecule has 0 saturated carbocycles. The lowest BCUT2D eigenvalue weighted by molar-refractivity contribution is -0.384. The van der Waals surface area contributed by atoms with Gasteiger partial charge in [0.15, 0.2) is 11.5 Å². The van der Waals surface area contributed by atoms with Crippen LogP contribution in [0.1, 0.15) is 35.4 Å². The number of nitro benzene ring substituents is 1. The maximum Gasteiger partial charge on any atom is 0.269 e. The fraction of sp³-hybridized carbons (Fsp3) is 0.208. The maximum atomic E-state index is 11.1. The van der Waals surface area contributed by atoms with Crippen molar-refractivity contribution in [3.8, 4) is 17.2 Å². The van der Waals surface area contributed by atoms with E-state index in [4.69, 9.17) is 19.3 Å². The highest BCUT2D eigenvalue weighted by molar-refractivity contribution is 6.02. The van der Waals surface area contributed by atoms with Crippen molar-refractivity contribution in [2.24, 2.45) is 5.10 Å². The topological polar surface area (TPSA) is 86.4 Å². The van der Waals surface area contributed by atoms with Crippen molar-refractivity contribution in [3.63, 3.8) is 0 Å². The lowest BCUT2D eigenvalue weighted by Gasteiger charge is -2.38. The van der Waals surface area contributed by atoms with Gasteiger partial charge in [0.05, 0.1) is 16.7 Å². The van der Waals surface area contributed by atoms with Gasteiger partial charge in [-0.1, -0.05) is 18.2 Å². The van der Waals surface area contributed by atoms with E-state index in [9.17, 15) is 10.1 Å². The standard InChI is InChI=1S/C24H19N3O5/c28-27(29)17-8-5-15(6-9-17)24-26-20(18-3-1-2-4-21(18)32-24)14-19(25-26)16-7-10-22-23(13-16)31-12-11-30-22/h1-10,13,20,24H,11-12,14H2. The van der Waals surface area contributed by atoms with Gasteiger partial charge in [0.25, 0.3) is 5.69 Å². The van der Waals surface area contributed by atoms with Gasteiger partial charge in [0, 0.05) is 35.2 Å². The molecule has 32 heavy (non-hydrogen) atoms. The zero-order valence-electron chi connectivity index (χ0n) is 17.0. The van der Waals surface area contributed by atoms with Gasteiger partial charge >= 0.3 is 0 Å². The zero-order chi connectivity index (χ0) is 21.7. The molecule has 2 atom stereocenters. The first-order chi connectivity index (χ1) is 15.7. The Morgan fingerprint density at radius 3 is 2.53 bits per heavy atom. The van der Waals surface area contributed by atoms with Crippen molar-refractivity contribution in [2.75, 3.05) is 13.2 Å². The molecule has 3 aromatic rings. The van der Waals surface area contributed by atoms with Crippen LogP contribution in [0.4, 0.5) is 5.69 Å². The van der Waals surface area contributed by atoms with Crippen LogP contribution in [0.2, 0.25) is 0 Å². The quantitative estimate of drug-likeness (QED) is 0.446. The molecular weight excluding hydrogens is 410 g/mol. The molecule has 0 spiro atoms. The summed E-state index contributed by atoms with van der Waals surface area (Å²) in [4.78, 5) is 10.7. The van der Waals surface area contributed by atoms with E-state index in [1.807, 2.05) is 41.4 Å². The number of nitrogens with zero attached hydrogens (tertiary/aromatic N) is 3. The van der Waals surface area contributed by atoms with E-state index in [0.717, 1.165) is 39.7 Å². The van der Waals surface area contributed by atoms with Gasteiger partial charge in [-0.2, -0.15) is 5.10 Å². The highest BCUT2D eigenvalue weighted by Crippen LogP contribution is 2.47. The van der Waals surface area contributed by atoms with Crippen LogP contribution in [0.25, 0.3) is 0 Å². The second kappa shape index (κ2) is 7.26. The summed E-state index contributed by atoms with van der Waals surface area (Å²) in [6.07, 6.45) is 0.231. The monoisotopic (exact) mass is 429 g/mol. The van der Waals surface area contributed by atoms with Gasteiger partial charge in [-0.3, -0.25) is 10.1 Å². The highest BCUT2D eigenvalue weighted by Gasteiger charge is 2.41. The van der Waals surface area contributed by atoms with Crippen molar-refractivity contribution >= 4 is 11.4 Å². The van der Waals surface area contributed by atoms with Gasteiger partial charge < -0.3 is 14.2 Å². The lowest BCUT2D eigenvalue weighted by atomic mass is 9.95. The van der Waals surface area contributed by atoms with E-state index in [-0.39, 0.29) is 11.7 Å². The molecule has 0 radical (unpaired) electrons. The summed E-state index contributed by atoms with van der Waals surface area (Å²) in [5.74, 6) is 2.27. The fourth-order valence-corrected chi connectivity index (χ4v) is 4.41. The minimum atomic E-state index is -0.481. The molecule has 160 valence electrons. The van der Waals surface area contributed by atoms with E-state index >= 15 is 0 Å². The van der Waals surface area contributed by atoms with Crippen LogP contribution < -0.4 is 14.2 Å². The molecule has 8 heteroatoms. The molecule has 0 saturated heterocycles. The van der Waals surface area contributed by atoms with Crippen LogP contribution in [0, 0.1) is 10.1 Å². The molecule has 3 aliphatic heterocycles. The van der Waals surface area contributed by atoms with E-state index in [1.54, 1.807) is 12.1 Å². The third-order valence-corrected chi connectivity index (χ3v) is 5.96. The second-order valence-corrected chi connectivity index (χ2v) is 7.86. The average molecular weight is 429 g/mol. The number of benzene rings is 3.